The van der Waals surface area contributed by atoms with Gasteiger partial charge in [0.1, 0.15) is 5.60 Å². The van der Waals surface area contributed by atoms with Gasteiger partial charge in [0.15, 0.2) is 0 Å². The SMILES string of the molecule is CC(C)(C)OC(=O)NC1CCCC(NCCCC2CCCC2)C1. The molecule has 0 aromatic heterocycles. The maximum atomic E-state index is 11.9. The molecule has 2 atom stereocenters. The molecule has 23 heavy (non-hydrogen) atoms. The van der Waals surface area contributed by atoms with E-state index in [1.165, 1.54) is 51.4 Å². The Bertz CT molecular complexity index is 359. The highest BCUT2D eigenvalue weighted by molar-refractivity contribution is 5.68. The summed E-state index contributed by atoms with van der Waals surface area (Å²) >= 11 is 0. The minimum Gasteiger partial charge on any atom is -0.444 e. The number of amides is 1. The van der Waals surface area contributed by atoms with Crippen LogP contribution >= 0.6 is 0 Å². The van der Waals surface area contributed by atoms with Gasteiger partial charge in [-0.25, -0.2) is 4.79 Å². The maximum absolute atomic E-state index is 11.9. The lowest BCUT2D eigenvalue weighted by Gasteiger charge is -2.31. The van der Waals surface area contributed by atoms with Gasteiger partial charge in [-0.2, -0.15) is 0 Å². The minimum absolute atomic E-state index is 0.255. The smallest absolute Gasteiger partial charge is 0.407 e. The van der Waals surface area contributed by atoms with Gasteiger partial charge >= 0.3 is 6.09 Å². The minimum atomic E-state index is -0.420. The van der Waals surface area contributed by atoms with Crippen LogP contribution in [0.3, 0.4) is 0 Å². The highest BCUT2D eigenvalue weighted by Crippen LogP contribution is 2.28. The van der Waals surface area contributed by atoms with Crippen molar-refractivity contribution in [3.05, 3.63) is 0 Å². The summed E-state index contributed by atoms with van der Waals surface area (Å²) in [7, 11) is 0. The molecule has 0 bridgehead atoms. The average Bonchev–Trinajstić information content (AvgIpc) is 2.95. The van der Waals surface area contributed by atoms with E-state index in [4.69, 9.17) is 4.74 Å². The molecule has 0 radical (unpaired) electrons. The first-order valence-corrected chi connectivity index (χ1v) is 9.65. The van der Waals surface area contributed by atoms with Gasteiger partial charge in [-0.3, -0.25) is 0 Å². The van der Waals surface area contributed by atoms with Gasteiger partial charge in [0, 0.05) is 12.1 Å². The molecule has 2 aliphatic rings. The van der Waals surface area contributed by atoms with Crippen LogP contribution in [0.5, 0.6) is 0 Å². The van der Waals surface area contributed by atoms with E-state index in [0.717, 1.165) is 25.3 Å². The van der Waals surface area contributed by atoms with Crippen LogP contribution in [0, 0.1) is 5.92 Å². The van der Waals surface area contributed by atoms with Crippen molar-refractivity contribution in [2.75, 3.05) is 6.54 Å². The van der Waals surface area contributed by atoms with Crippen molar-refractivity contribution in [2.24, 2.45) is 5.92 Å². The van der Waals surface area contributed by atoms with Crippen LogP contribution in [-0.4, -0.2) is 30.3 Å². The summed E-state index contributed by atoms with van der Waals surface area (Å²) in [6.07, 6.45) is 12.7. The largest absolute Gasteiger partial charge is 0.444 e. The number of alkyl carbamates (subject to hydrolysis) is 1. The van der Waals surface area contributed by atoms with Gasteiger partial charge < -0.3 is 15.4 Å². The first-order valence-electron chi connectivity index (χ1n) is 9.65. The highest BCUT2D eigenvalue weighted by Gasteiger charge is 2.25. The second-order valence-corrected chi connectivity index (χ2v) is 8.45. The lowest BCUT2D eigenvalue weighted by Crippen LogP contribution is -2.45. The fraction of sp³-hybridized carbons (Fsp3) is 0.947. The zero-order valence-electron chi connectivity index (χ0n) is 15.3. The van der Waals surface area contributed by atoms with Crippen molar-refractivity contribution < 1.29 is 9.53 Å². The molecule has 4 heteroatoms. The van der Waals surface area contributed by atoms with Gasteiger partial charge in [-0.15, -0.1) is 0 Å². The lowest BCUT2D eigenvalue weighted by molar-refractivity contribution is 0.0488. The third-order valence-electron chi connectivity index (χ3n) is 5.09. The van der Waals surface area contributed by atoms with Crippen LogP contribution in [0.25, 0.3) is 0 Å². The zero-order valence-corrected chi connectivity index (χ0v) is 15.3. The first-order chi connectivity index (χ1) is 10.9. The first kappa shape index (κ1) is 18.6. The summed E-state index contributed by atoms with van der Waals surface area (Å²) in [5.74, 6) is 0.990. The molecule has 0 aliphatic heterocycles. The number of nitrogens with one attached hydrogen (secondary N) is 2. The molecule has 2 N–H and O–H groups in total. The van der Waals surface area contributed by atoms with E-state index in [0.29, 0.717) is 6.04 Å². The van der Waals surface area contributed by atoms with Gasteiger partial charge in [0.25, 0.3) is 0 Å². The van der Waals surface area contributed by atoms with Crippen molar-refractivity contribution in [3.63, 3.8) is 0 Å². The molecule has 2 unspecified atom stereocenters. The Balaban J connectivity index is 1.60. The Kier molecular flexibility index (Phi) is 7.19. The zero-order chi connectivity index (χ0) is 16.7. The third kappa shape index (κ3) is 7.56. The fourth-order valence-corrected chi connectivity index (χ4v) is 3.98. The number of hydrogen-bond donors (Lipinski definition) is 2. The molecule has 2 fully saturated rings. The van der Waals surface area contributed by atoms with E-state index in [9.17, 15) is 4.79 Å². The summed E-state index contributed by atoms with van der Waals surface area (Å²) in [5, 5.41) is 6.74. The number of ether oxygens (including phenoxy) is 1. The number of carbonyl (C=O) groups is 1. The molecule has 2 aliphatic carbocycles. The van der Waals surface area contributed by atoms with Gasteiger partial charge in [0.05, 0.1) is 0 Å². The number of carbonyl (C=O) groups excluding carboxylic acids is 1. The third-order valence-corrected chi connectivity index (χ3v) is 5.09. The standard InChI is InChI=1S/C19H36N2O2/c1-19(2,3)23-18(22)21-17-12-6-11-16(14-17)20-13-7-10-15-8-4-5-9-15/h15-17,20H,4-14H2,1-3H3,(H,21,22). The summed E-state index contributed by atoms with van der Waals surface area (Å²) in [6, 6.07) is 0.804. The predicted molar refractivity (Wildman–Crippen MR) is 94.6 cm³/mol. The van der Waals surface area contributed by atoms with E-state index in [2.05, 4.69) is 10.6 Å². The normalized spacial score (nSPS) is 26.2. The van der Waals surface area contributed by atoms with Crippen LogP contribution in [0.2, 0.25) is 0 Å². The molecule has 1 amide bonds. The van der Waals surface area contributed by atoms with Gasteiger partial charge in [0.2, 0.25) is 0 Å². The van der Waals surface area contributed by atoms with Crippen molar-refractivity contribution >= 4 is 6.09 Å². The summed E-state index contributed by atoms with van der Waals surface area (Å²) in [5.41, 5.74) is -0.420. The summed E-state index contributed by atoms with van der Waals surface area (Å²) < 4.78 is 5.36. The molecule has 0 aromatic rings. The fourth-order valence-electron chi connectivity index (χ4n) is 3.98. The molecular formula is C19H36N2O2. The molecule has 4 nitrogen and oxygen atoms in total. The van der Waals surface area contributed by atoms with Crippen LogP contribution in [0.15, 0.2) is 0 Å². The van der Waals surface area contributed by atoms with Gasteiger partial charge in [-0.1, -0.05) is 25.7 Å². The molecule has 2 rings (SSSR count). The number of rotatable bonds is 6. The Morgan fingerprint density at radius 2 is 1.74 bits per heavy atom. The van der Waals surface area contributed by atoms with E-state index < -0.39 is 5.60 Å². The van der Waals surface area contributed by atoms with Crippen LogP contribution < -0.4 is 10.6 Å². The van der Waals surface area contributed by atoms with E-state index >= 15 is 0 Å². The van der Waals surface area contributed by atoms with E-state index in [-0.39, 0.29) is 12.1 Å². The highest BCUT2D eigenvalue weighted by atomic mass is 16.6. The van der Waals surface area contributed by atoms with E-state index in [1.807, 2.05) is 20.8 Å². The van der Waals surface area contributed by atoms with Crippen LogP contribution in [0.1, 0.15) is 85.0 Å². The second kappa shape index (κ2) is 8.91. The molecule has 0 aromatic carbocycles. The summed E-state index contributed by atoms with van der Waals surface area (Å²) in [4.78, 5) is 11.9. The van der Waals surface area contributed by atoms with Crippen LogP contribution in [-0.2, 0) is 4.74 Å². The van der Waals surface area contributed by atoms with Crippen molar-refractivity contribution in [3.8, 4) is 0 Å². The monoisotopic (exact) mass is 324 g/mol. The van der Waals surface area contributed by atoms with Crippen molar-refractivity contribution in [1.29, 1.82) is 0 Å². The van der Waals surface area contributed by atoms with Gasteiger partial charge in [-0.05, 0) is 71.8 Å². The van der Waals surface area contributed by atoms with Crippen LogP contribution in [0.4, 0.5) is 4.79 Å². The lowest BCUT2D eigenvalue weighted by atomic mass is 9.91. The molecule has 2 saturated carbocycles. The molecule has 134 valence electrons. The quantitative estimate of drug-likeness (QED) is 0.713. The van der Waals surface area contributed by atoms with Crippen molar-refractivity contribution in [1.82, 2.24) is 10.6 Å². The van der Waals surface area contributed by atoms with E-state index in [1.54, 1.807) is 0 Å². The summed E-state index contributed by atoms with van der Waals surface area (Å²) in [6.45, 7) is 6.84. The molecule has 0 saturated heterocycles. The predicted octanol–water partition coefficient (Wildman–Crippen LogP) is 4.38. The Hall–Kier alpha value is -0.770. The topological polar surface area (TPSA) is 50.4 Å². The number of hydrogen-bond acceptors (Lipinski definition) is 3. The Morgan fingerprint density at radius 1 is 1.04 bits per heavy atom. The molecule has 0 spiro atoms. The average molecular weight is 325 g/mol. The molecular weight excluding hydrogens is 288 g/mol. The second-order valence-electron chi connectivity index (χ2n) is 8.45. The maximum Gasteiger partial charge on any atom is 0.407 e. The molecule has 0 heterocycles. The van der Waals surface area contributed by atoms with Crippen molar-refractivity contribution in [2.45, 2.75) is 103 Å². The Morgan fingerprint density at radius 3 is 2.43 bits per heavy atom. The Labute approximate surface area is 142 Å².